The second-order valence-electron chi connectivity index (χ2n) is 3.75. The zero-order valence-electron chi connectivity index (χ0n) is 10.1. The number of aliphatic hydroxyl groups is 2. The highest BCUT2D eigenvalue weighted by molar-refractivity contribution is 7.80. The van der Waals surface area contributed by atoms with Gasteiger partial charge in [-0.05, 0) is 25.2 Å². The van der Waals surface area contributed by atoms with E-state index in [1.54, 1.807) is 6.92 Å². The average molecular weight is 271 g/mol. The fraction of sp³-hybridized carbons (Fsp3) is 0.500. The lowest BCUT2D eigenvalue weighted by molar-refractivity contribution is 0.0169. The molecule has 1 aromatic heterocycles. The number of pyridine rings is 1. The van der Waals surface area contributed by atoms with Gasteiger partial charge in [0.1, 0.15) is 6.10 Å². The van der Waals surface area contributed by atoms with Gasteiger partial charge in [-0.25, -0.2) is 4.79 Å². The number of aromatic nitrogens is 1. The molecule has 0 radical (unpaired) electrons. The maximum Gasteiger partial charge on any atom is 0.339 e. The summed E-state index contributed by atoms with van der Waals surface area (Å²) in [5.74, 6) is -0.0359. The fourth-order valence-electron chi connectivity index (χ4n) is 1.46. The summed E-state index contributed by atoms with van der Waals surface area (Å²) in [6, 6.07) is 1.47. The van der Waals surface area contributed by atoms with E-state index < -0.39 is 18.2 Å². The van der Waals surface area contributed by atoms with E-state index in [1.807, 2.05) is 0 Å². The summed E-state index contributed by atoms with van der Waals surface area (Å²) in [6.07, 6.45) is 1.11. The molecule has 6 heteroatoms. The van der Waals surface area contributed by atoms with Crippen LogP contribution in [0.5, 0.6) is 0 Å². The number of carbonyl (C=O) groups excluding carboxylic acids is 1. The molecule has 2 atom stereocenters. The van der Waals surface area contributed by atoms with Gasteiger partial charge >= 0.3 is 5.97 Å². The van der Waals surface area contributed by atoms with Crippen molar-refractivity contribution in [3.05, 3.63) is 29.6 Å². The quantitative estimate of drug-likeness (QED) is 0.531. The van der Waals surface area contributed by atoms with Crippen molar-refractivity contribution < 1.29 is 19.7 Å². The van der Waals surface area contributed by atoms with Crippen molar-refractivity contribution in [1.29, 1.82) is 0 Å². The molecule has 2 N–H and O–H groups in total. The molecule has 0 aliphatic rings. The van der Waals surface area contributed by atoms with Crippen LogP contribution < -0.4 is 0 Å². The summed E-state index contributed by atoms with van der Waals surface area (Å²) >= 11 is 3.99. The lowest BCUT2D eigenvalue weighted by Crippen LogP contribution is -2.19. The number of hydrogen-bond acceptors (Lipinski definition) is 6. The van der Waals surface area contributed by atoms with Crippen LogP contribution in [-0.2, 0) is 4.74 Å². The molecule has 100 valence electrons. The predicted octanol–water partition coefficient (Wildman–Crippen LogP) is 0.972. The normalized spacial score (nSPS) is 14.0. The van der Waals surface area contributed by atoms with Gasteiger partial charge in [-0.1, -0.05) is 0 Å². The van der Waals surface area contributed by atoms with E-state index in [2.05, 4.69) is 17.6 Å². The van der Waals surface area contributed by atoms with E-state index in [4.69, 9.17) is 4.74 Å². The number of carbonyl (C=O) groups is 1. The molecule has 0 saturated heterocycles. The molecule has 0 saturated carbocycles. The minimum atomic E-state index is -1.08. The first-order valence-corrected chi connectivity index (χ1v) is 6.32. The zero-order chi connectivity index (χ0) is 13.5. The SMILES string of the molecule is CCOC(=O)c1cncc(C(O)C(O)CCS)c1. The number of thiol groups is 1. The Balaban J connectivity index is 2.84. The third-order valence-corrected chi connectivity index (χ3v) is 2.66. The summed E-state index contributed by atoms with van der Waals surface area (Å²) in [6.45, 7) is 1.98. The van der Waals surface area contributed by atoms with Gasteiger partial charge < -0.3 is 14.9 Å². The molecule has 1 rings (SSSR count). The molecule has 0 aromatic carbocycles. The Labute approximate surface area is 111 Å². The van der Waals surface area contributed by atoms with Crippen LogP contribution >= 0.6 is 12.6 Å². The number of esters is 1. The van der Waals surface area contributed by atoms with Crippen LogP contribution in [0.2, 0.25) is 0 Å². The van der Waals surface area contributed by atoms with Crippen LogP contribution in [0.1, 0.15) is 35.4 Å². The lowest BCUT2D eigenvalue weighted by atomic mass is 10.0. The van der Waals surface area contributed by atoms with Crippen LogP contribution in [-0.4, -0.2) is 39.6 Å². The first-order chi connectivity index (χ1) is 8.60. The minimum absolute atomic E-state index is 0.256. The summed E-state index contributed by atoms with van der Waals surface area (Å²) in [5.41, 5.74) is 0.640. The van der Waals surface area contributed by atoms with Crippen LogP contribution in [0.3, 0.4) is 0 Å². The highest BCUT2D eigenvalue weighted by atomic mass is 32.1. The maximum atomic E-state index is 11.5. The molecule has 0 aliphatic carbocycles. The number of aliphatic hydroxyl groups excluding tert-OH is 2. The number of rotatable bonds is 6. The van der Waals surface area contributed by atoms with Gasteiger partial charge in [0.15, 0.2) is 0 Å². The third kappa shape index (κ3) is 3.97. The lowest BCUT2D eigenvalue weighted by Gasteiger charge is -2.17. The molecule has 0 amide bonds. The van der Waals surface area contributed by atoms with Crippen molar-refractivity contribution in [2.45, 2.75) is 25.6 Å². The molecule has 0 spiro atoms. The Morgan fingerprint density at radius 2 is 2.22 bits per heavy atom. The van der Waals surface area contributed by atoms with E-state index >= 15 is 0 Å². The second kappa shape index (κ2) is 7.35. The van der Waals surface area contributed by atoms with Crippen molar-refractivity contribution in [1.82, 2.24) is 4.98 Å². The molecule has 0 fully saturated rings. The molecule has 5 nitrogen and oxygen atoms in total. The predicted molar refractivity (Wildman–Crippen MR) is 69.6 cm³/mol. The van der Waals surface area contributed by atoms with Crippen molar-refractivity contribution >= 4 is 18.6 Å². The van der Waals surface area contributed by atoms with Crippen molar-refractivity contribution in [2.75, 3.05) is 12.4 Å². The van der Waals surface area contributed by atoms with Crippen LogP contribution in [0, 0.1) is 0 Å². The smallest absolute Gasteiger partial charge is 0.339 e. The molecular weight excluding hydrogens is 254 g/mol. The molecule has 18 heavy (non-hydrogen) atoms. The van der Waals surface area contributed by atoms with E-state index in [-0.39, 0.29) is 12.2 Å². The summed E-state index contributed by atoms with van der Waals surface area (Å²) in [5, 5.41) is 19.5. The van der Waals surface area contributed by atoms with E-state index in [0.29, 0.717) is 17.7 Å². The van der Waals surface area contributed by atoms with Gasteiger partial charge in [-0.2, -0.15) is 12.6 Å². The van der Waals surface area contributed by atoms with Crippen molar-refractivity contribution in [2.24, 2.45) is 0 Å². The fourth-order valence-corrected chi connectivity index (χ4v) is 1.72. The molecule has 1 heterocycles. The van der Waals surface area contributed by atoms with Crippen LogP contribution in [0.4, 0.5) is 0 Å². The highest BCUT2D eigenvalue weighted by Crippen LogP contribution is 2.19. The van der Waals surface area contributed by atoms with Gasteiger partial charge in [0.2, 0.25) is 0 Å². The summed E-state index contributed by atoms with van der Waals surface area (Å²) in [7, 11) is 0. The van der Waals surface area contributed by atoms with E-state index in [0.717, 1.165) is 0 Å². The largest absolute Gasteiger partial charge is 0.462 e. The molecule has 2 unspecified atom stereocenters. The highest BCUT2D eigenvalue weighted by Gasteiger charge is 2.19. The van der Waals surface area contributed by atoms with Crippen LogP contribution in [0.15, 0.2) is 18.5 Å². The Hall–Kier alpha value is -1.11. The van der Waals surface area contributed by atoms with Gasteiger partial charge in [-0.3, -0.25) is 4.98 Å². The Kier molecular flexibility index (Phi) is 6.11. The van der Waals surface area contributed by atoms with Gasteiger partial charge in [0, 0.05) is 18.0 Å². The second-order valence-corrected chi connectivity index (χ2v) is 4.20. The Bertz CT molecular complexity index is 399. The van der Waals surface area contributed by atoms with Gasteiger partial charge in [-0.15, -0.1) is 0 Å². The molecule has 1 aromatic rings. The Morgan fingerprint density at radius 3 is 2.83 bits per heavy atom. The average Bonchev–Trinajstić information content (AvgIpc) is 2.38. The summed E-state index contributed by atoms with van der Waals surface area (Å²) in [4.78, 5) is 15.4. The standard InChI is InChI=1S/C12H17NO4S/c1-2-17-12(16)9-5-8(6-13-7-9)11(15)10(14)3-4-18/h5-7,10-11,14-15,18H,2-4H2,1H3. The molecule has 0 aliphatic heterocycles. The topological polar surface area (TPSA) is 79.7 Å². The van der Waals surface area contributed by atoms with Crippen molar-refractivity contribution in [3.8, 4) is 0 Å². The molecule has 0 bridgehead atoms. The first kappa shape index (κ1) is 14.9. The number of hydrogen-bond donors (Lipinski definition) is 3. The van der Waals surface area contributed by atoms with Gasteiger partial charge in [0.25, 0.3) is 0 Å². The van der Waals surface area contributed by atoms with E-state index in [9.17, 15) is 15.0 Å². The minimum Gasteiger partial charge on any atom is -0.462 e. The van der Waals surface area contributed by atoms with Crippen LogP contribution in [0.25, 0.3) is 0 Å². The first-order valence-electron chi connectivity index (χ1n) is 5.69. The van der Waals surface area contributed by atoms with Crippen molar-refractivity contribution in [3.63, 3.8) is 0 Å². The number of ether oxygens (including phenoxy) is 1. The zero-order valence-corrected chi connectivity index (χ0v) is 11.0. The van der Waals surface area contributed by atoms with E-state index in [1.165, 1.54) is 18.5 Å². The Morgan fingerprint density at radius 1 is 1.50 bits per heavy atom. The number of nitrogens with zero attached hydrogens (tertiary/aromatic N) is 1. The summed E-state index contributed by atoms with van der Waals surface area (Å²) < 4.78 is 4.84. The maximum absolute atomic E-state index is 11.5. The van der Waals surface area contributed by atoms with Gasteiger partial charge in [0.05, 0.1) is 18.3 Å². The third-order valence-electron chi connectivity index (χ3n) is 2.40. The molecular formula is C12H17NO4S. The monoisotopic (exact) mass is 271 g/mol.